The highest BCUT2D eigenvalue weighted by Crippen LogP contribution is 2.38. The molecular formula is C15H18FNO3. The van der Waals surface area contributed by atoms with Gasteiger partial charge in [0.15, 0.2) is 0 Å². The van der Waals surface area contributed by atoms with Gasteiger partial charge in [0.2, 0.25) is 5.91 Å². The normalized spacial score (nSPS) is 21.9. The Morgan fingerprint density at radius 2 is 2.00 bits per heavy atom. The number of halogens is 1. The van der Waals surface area contributed by atoms with Crippen LogP contribution in [0.5, 0.6) is 0 Å². The van der Waals surface area contributed by atoms with Crippen molar-refractivity contribution in [3.05, 3.63) is 35.6 Å². The molecule has 0 aliphatic heterocycles. The molecule has 3 atom stereocenters. The molecule has 20 heavy (non-hydrogen) atoms. The molecule has 1 N–H and O–H groups in total. The molecule has 0 radical (unpaired) electrons. The Labute approximate surface area is 117 Å². The number of hydrogen-bond acceptors (Lipinski definition) is 3. The van der Waals surface area contributed by atoms with Crippen molar-refractivity contribution in [3.8, 4) is 0 Å². The second-order valence-corrected chi connectivity index (χ2v) is 5.21. The van der Waals surface area contributed by atoms with E-state index in [1.165, 1.54) is 19.2 Å². The first kappa shape index (κ1) is 14.5. The van der Waals surface area contributed by atoms with Crippen molar-refractivity contribution in [2.24, 2.45) is 11.8 Å². The first-order valence-corrected chi connectivity index (χ1v) is 6.64. The minimum Gasteiger partial charge on any atom is -0.469 e. The molecule has 5 heteroatoms. The van der Waals surface area contributed by atoms with Crippen LogP contribution in [0.1, 0.15) is 31.4 Å². The van der Waals surface area contributed by atoms with Crippen molar-refractivity contribution in [2.75, 3.05) is 7.11 Å². The van der Waals surface area contributed by atoms with Crippen molar-refractivity contribution in [1.82, 2.24) is 5.32 Å². The third kappa shape index (κ3) is 3.56. The Kier molecular flexibility index (Phi) is 4.37. The van der Waals surface area contributed by atoms with Crippen molar-refractivity contribution in [2.45, 2.75) is 25.8 Å². The maximum absolute atomic E-state index is 13.0. The van der Waals surface area contributed by atoms with Crippen LogP contribution in [0.25, 0.3) is 0 Å². The molecule has 1 saturated carbocycles. The number of hydrogen-bond donors (Lipinski definition) is 1. The Bertz CT molecular complexity index is 500. The standard InChI is InChI=1S/C15H18FNO3/c1-9-7-12(9)15(19)17-13(8-14(18)20-2)10-3-5-11(16)6-4-10/h3-6,9,12-13H,7-8H2,1-2H3,(H,17,19)/t9-,12-,13-/m0/s1. The Hall–Kier alpha value is -1.91. The predicted octanol–water partition coefficient (Wildman–Crippen LogP) is 2.20. The molecule has 108 valence electrons. The van der Waals surface area contributed by atoms with Gasteiger partial charge in [0.25, 0.3) is 0 Å². The topological polar surface area (TPSA) is 55.4 Å². The number of methoxy groups -OCH3 is 1. The summed E-state index contributed by atoms with van der Waals surface area (Å²) in [4.78, 5) is 23.4. The number of ether oxygens (including phenoxy) is 1. The van der Waals surface area contributed by atoms with Crippen molar-refractivity contribution in [1.29, 1.82) is 0 Å². The average molecular weight is 279 g/mol. The number of esters is 1. The maximum atomic E-state index is 13.0. The van der Waals surface area contributed by atoms with Gasteiger partial charge in [0.1, 0.15) is 5.82 Å². The van der Waals surface area contributed by atoms with Gasteiger partial charge in [0.05, 0.1) is 19.6 Å². The van der Waals surface area contributed by atoms with Gasteiger partial charge < -0.3 is 10.1 Å². The van der Waals surface area contributed by atoms with Crippen LogP contribution in [-0.2, 0) is 14.3 Å². The van der Waals surface area contributed by atoms with Crippen molar-refractivity contribution < 1.29 is 18.7 Å². The van der Waals surface area contributed by atoms with E-state index < -0.39 is 12.0 Å². The molecule has 0 bridgehead atoms. The number of nitrogens with one attached hydrogen (secondary N) is 1. The number of carbonyl (C=O) groups excluding carboxylic acids is 2. The lowest BCUT2D eigenvalue weighted by Crippen LogP contribution is -2.32. The summed E-state index contributed by atoms with van der Waals surface area (Å²) in [6.07, 6.45) is 0.912. The lowest BCUT2D eigenvalue weighted by atomic mass is 10.0. The fraction of sp³-hybridized carbons (Fsp3) is 0.467. The Balaban J connectivity index is 2.09. The molecule has 0 aromatic heterocycles. The molecule has 1 aliphatic carbocycles. The van der Waals surface area contributed by atoms with E-state index in [1.807, 2.05) is 6.92 Å². The summed E-state index contributed by atoms with van der Waals surface area (Å²) in [6.45, 7) is 2.01. The van der Waals surface area contributed by atoms with Crippen LogP contribution < -0.4 is 5.32 Å². The molecule has 4 nitrogen and oxygen atoms in total. The quantitative estimate of drug-likeness (QED) is 0.841. The summed E-state index contributed by atoms with van der Waals surface area (Å²) in [5.41, 5.74) is 0.693. The molecule has 1 aromatic carbocycles. The van der Waals surface area contributed by atoms with Gasteiger partial charge in [-0.15, -0.1) is 0 Å². The van der Waals surface area contributed by atoms with Crippen LogP contribution in [0.2, 0.25) is 0 Å². The lowest BCUT2D eigenvalue weighted by molar-refractivity contribution is -0.141. The van der Waals surface area contributed by atoms with Gasteiger partial charge in [-0.3, -0.25) is 9.59 Å². The van der Waals surface area contributed by atoms with Crippen LogP contribution in [0, 0.1) is 17.7 Å². The van der Waals surface area contributed by atoms with Gasteiger partial charge >= 0.3 is 5.97 Å². The molecule has 1 aliphatic rings. The minimum atomic E-state index is -0.483. The molecule has 1 aromatic rings. The Morgan fingerprint density at radius 1 is 1.40 bits per heavy atom. The van der Waals surface area contributed by atoms with E-state index in [0.29, 0.717) is 11.5 Å². The summed E-state index contributed by atoms with van der Waals surface area (Å²) in [5, 5.41) is 2.85. The number of carbonyl (C=O) groups is 2. The van der Waals surface area contributed by atoms with Gasteiger partial charge in [-0.1, -0.05) is 19.1 Å². The molecular weight excluding hydrogens is 261 g/mol. The maximum Gasteiger partial charge on any atom is 0.307 e. The predicted molar refractivity (Wildman–Crippen MR) is 71.2 cm³/mol. The third-order valence-corrected chi connectivity index (χ3v) is 3.63. The molecule has 0 unspecified atom stereocenters. The smallest absolute Gasteiger partial charge is 0.307 e. The summed E-state index contributed by atoms with van der Waals surface area (Å²) in [7, 11) is 1.30. The van der Waals surface area contributed by atoms with Gasteiger partial charge in [-0.2, -0.15) is 0 Å². The second kappa shape index (κ2) is 6.03. The van der Waals surface area contributed by atoms with Crippen molar-refractivity contribution >= 4 is 11.9 Å². The Morgan fingerprint density at radius 3 is 2.50 bits per heavy atom. The van der Waals surface area contributed by atoms with Crippen LogP contribution in [0.15, 0.2) is 24.3 Å². The molecule has 0 saturated heterocycles. The fourth-order valence-electron chi connectivity index (χ4n) is 2.16. The largest absolute Gasteiger partial charge is 0.469 e. The summed E-state index contributed by atoms with van der Waals surface area (Å²) in [6, 6.07) is 5.28. The van der Waals surface area contributed by atoms with E-state index in [1.54, 1.807) is 12.1 Å². The highest BCUT2D eigenvalue weighted by molar-refractivity contribution is 5.82. The number of amides is 1. The zero-order chi connectivity index (χ0) is 14.7. The van der Waals surface area contributed by atoms with E-state index in [0.717, 1.165) is 6.42 Å². The summed E-state index contributed by atoms with van der Waals surface area (Å²) in [5.74, 6) is -0.413. The first-order valence-electron chi connectivity index (χ1n) is 6.64. The third-order valence-electron chi connectivity index (χ3n) is 3.63. The lowest BCUT2D eigenvalue weighted by Gasteiger charge is -2.18. The molecule has 1 amide bonds. The summed E-state index contributed by atoms with van der Waals surface area (Å²) < 4.78 is 17.6. The zero-order valence-electron chi connectivity index (χ0n) is 11.6. The van der Waals surface area contributed by atoms with Gasteiger partial charge in [-0.25, -0.2) is 4.39 Å². The fourth-order valence-corrected chi connectivity index (χ4v) is 2.16. The number of rotatable bonds is 5. The SMILES string of the molecule is COC(=O)C[C@H](NC(=O)[C@H]1C[C@@H]1C)c1ccc(F)cc1. The van der Waals surface area contributed by atoms with Gasteiger partial charge in [-0.05, 0) is 30.0 Å². The van der Waals surface area contributed by atoms with E-state index >= 15 is 0 Å². The van der Waals surface area contributed by atoms with E-state index in [4.69, 9.17) is 0 Å². The molecule has 2 rings (SSSR count). The minimum absolute atomic E-state index is 0.0237. The van der Waals surface area contributed by atoms with Crippen molar-refractivity contribution in [3.63, 3.8) is 0 Å². The second-order valence-electron chi connectivity index (χ2n) is 5.21. The van der Waals surface area contributed by atoms with Crippen LogP contribution >= 0.6 is 0 Å². The first-order chi connectivity index (χ1) is 9.51. The van der Waals surface area contributed by atoms with E-state index in [9.17, 15) is 14.0 Å². The van der Waals surface area contributed by atoms with E-state index in [-0.39, 0.29) is 24.1 Å². The molecule has 0 spiro atoms. The molecule has 1 fully saturated rings. The average Bonchev–Trinajstić information content (AvgIpc) is 3.16. The summed E-state index contributed by atoms with van der Waals surface area (Å²) >= 11 is 0. The number of benzene rings is 1. The van der Waals surface area contributed by atoms with E-state index in [2.05, 4.69) is 10.1 Å². The highest BCUT2D eigenvalue weighted by Gasteiger charge is 2.40. The monoisotopic (exact) mass is 279 g/mol. The zero-order valence-corrected chi connectivity index (χ0v) is 11.6. The van der Waals surface area contributed by atoms with Crippen LogP contribution in [0.3, 0.4) is 0 Å². The highest BCUT2D eigenvalue weighted by atomic mass is 19.1. The van der Waals surface area contributed by atoms with Crippen LogP contribution in [0.4, 0.5) is 4.39 Å². The van der Waals surface area contributed by atoms with Crippen LogP contribution in [-0.4, -0.2) is 19.0 Å². The van der Waals surface area contributed by atoms with Gasteiger partial charge in [0, 0.05) is 5.92 Å². The molecule has 0 heterocycles.